The average molecular weight is 128 g/mol. The average Bonchev–Trinajstić information content (AvgIpc) is 1.82. The largest absolute Gasteiger partial charge is 0.258 e. The van der Waals surface area contributed by atoms with Crippen molar-refractivity contribution in [1.29, 1.82) is 0 Å². The lowest BCUT2D eigenvalue weighted by Crippen LogP contribution is -2.13. The van der Waals surface area contributed by atoms with Gasteiger partial charge in [0.05, 0.1) is 0 Å². The van der Waals surface area contributed by atoms with Gasteiger partial charge in [-0.15, -0.1) is 0 Å². The van der Waals surface area contributed by atoms with Crippen LogP contribution in [-0.2, 0) is 0 Å². The first-order valence-electron chi connectivity index (χ1n) is 3.87. The van der Waals surface area contributed by atoms with Crippen molar-refractivity contribution in [2.24, 2.45) is 11.8 Å². The van der Waals surface area contributed by atoms with Gasteiger partial charge in [-0.1, -0.05) is 27.2 Å². The third-order valence-electron chi connectivity index (χ3n) is 1.86. The van der Waals surface area contributed by atoms with E-state index >= 15 is 0 Å². The Morgan fingerprint density at radius 2 is 1.89 bits per heavy atom. The molecule has 0 fully saturated rings. The third-order valence-corrected chi connectivity index (χ3v) is 1.86. The topological polar surface area (TPSA) is 23.8 Å². The molecule has 0 saturated carbocycles. The zero-order valence-electron chi connectivity index (χ0n) is 6.78. The highest BCUT2D eigenvalue weighted by Gasteiger charge is 2.08. The summed E-state index contributed by atoms with van der Waals surface area (Å²) in [5, 5.41) is 0. The minimum atomic E-state index is 0.603. The van der Waals surface area contributed by atoms with E-state index in [1.54, 1.807) is 0 Å². The standard InChI is InChI=1S/C8H18N/c1-4-5-8(6-9)7(2)3/h7-9H,4-6H2,1-3H3. The summed E-state index contributed by atoms with van der Waals surface area (Å²) < 4.78 is 0. The van der Waals surface area contributed by atoms with E-state index in [1.165, 1.54) is 12.8 Å². The van der Waals surface area contributed by atoms with Crippen molar-refractivity contribution < 1.29 is 0 Å². The fourth-order valence-corrected chi connectivity index (χ4v) is 1.04. The summed E-state index contributed by atoms with van der Waals surface area (Å²) >= 11 is 0. The minimum absolute atomic E-state index is 0.603. The molecule has 1 heteroatoms. The lowest BCUT2D eigenvalue weighted by Gasteiger charge is -2.16. The monoisotopic (exact) mass is 128 g/mol. The maximum absolute atomic E-state index is 7.19. The molecule has 1 nitrogen and oxygen atoms in total. The number of hydrogen-bond donors (Lipinski definition) is 0. The molecule has 0 aliphatic carbocycles. The van der Waals surface area contributed by atoms with E-state index in [0.717, 1.165) is 0 Å². The molecule has 0 aromatic heterocycles. The first-order chi connectivity index (χ1) is 4.22. The van der Waals surface area contributed by atoms with Gasteiger partial charge in [0, 0.05) is 6.54 Å². The van der Waals surface area contributed by atoms with E-state index in [4.69, 9.17) is 5.73 Å². The zero-order valence-corrected chi connectivity index (χ0v) is 6.78. The summed E-state index contributed by atoms with van der Waals surface area (Å²) in [5.74, 6) is 1.33. The second-order valence-electron chi connectivity index (χ2n) is 3.00. The molecule has 55 valence electrons. The Morgan fingerprint density at radius 3 is 2.00 bits per heavy atom. The van der Waals surface area contributed by atoms with Gasteiger partial charge in [-0.3, -0.25) is 5.73 Å². The SMILES string of the molecule is CCCC(C[NH])C(C)C. The lowest BCUT2D eigenvalue weighted by atomic mass is 9.92. The molecule has 1 N–H and O–H groups in total. The fraction of sp³-hybridized carbons (Fsp3) is 1.00. The maximum Gasteiger partial charge on any atom is 0.0131 e. The quantitative estimate of drug-likeness (QED) is 0.555. The van der Waals surface area contributed by atoms with Gasteiger partial charge >= 0.3 is 0 Å². The van der Waals surface area contributed by atoms with Gasteiger partial charge in [-0.25, -0.2) is 0 Å². The summed E-state index contributed by atoms with van der Waals surface area (Å²) in [7, 11) is 0. The Balaban J connectivity index is 3.41. The summed E-state index contributed by atoms with van der Waals surface area (Å²) in [6.45, 7) is 7.19. The van der Waals surface area contributed by atoms with Gasteiger partial charge in [-0.2, -0.15) is 0 Å². The highest BCUT2D eigenvalue weighted by Crippen LogP contribution is 2.14. The van der Waals surface area contributed by atoms with Crippen molar-refractivity contribution in [1.82, 2.24) is 5.73 Å². The molecule has 1 unspecified atom stereocenters. The van der Waals surface area contributed by atoms with Crippen molar-refractivity contribution in [2.75, 3.05) is 6.54 Å². The van der Waals surface area contributed by atoms with Crippen LogP contribution < -0.4 is 5.73 Å². The summed E-state index contributed by atoms with van der Waals surface area (Å²) in [5.41, 5.74) is 7.19. The Kier molecular flexibility index (Phi) is 4.78. The highest BCUT2D eigenvalue weighted by atomic mass is 14.5. The van der Waals surface area contributed by atoms with Crippen LogP contribution in [0.1, 0.15) is 33.6 Å². The summed E-state index contributed by atoms with van der Waals surface area (Å²) in [6.07, 6.45) is 2.45. The van der Waals surface area contributed by atoms with Crippen LogP contribution in [0.5, 0.6) is 0 Å². The van der Waals surface area contributed by atoms with Gasteiger partial charge in [-0.05, 0) is 18.3 Å². The lowest BCUT2D eigenvalue weighted by molar-refractivity contribution is 0.362. The molecule has 0 aromatic carbocycles. The van der Waals surface area contributed by atoms with Gasteiger partial charge in [0.1, 0.15) is 0 Å². The van der Waals surface area contributed by atoms with E-state index in [0.29, 0.717) is 18.4 Å². The second-order valence-corrected chi connectivity index (χ2v) is 3.00. The van der Waals surface area contributed by atoms with Crippen molar-refractivity contribution in [2.45, 2.75) is 33.6 Å². The normalized spacial score (nSPS) is 14.3. The van der Waals surface area contributed by atoms with Crippen molar-refractivity contribution >= 4 is 0 Å². The number of rotatable bonds is 4. The first-order valence-corrected chi connectivity index (χ1v) is 3.87. The van der Waals surface area contributed by atoms with Crippen LogP contribution in [-0.4, -0.2) is 6.54 Å². The molecule has 0 aliphatic heterocycles. The Hall–Kier alpha value is -0.0400. The van der Waals surface area contributed by atoms with Crippen molar-refractivity contribution in [3.05, 3.63) is 0 Å². The molecule has 0 amide bonds. The van der Waals surface area contributed by atoms with Crippen LogP contribution in [0.2, 0.25) is 0 Å². The van der Waals surface area contributed by atoms with Gasteiger partial charge in [0.15, 0.2) is 0 Å². The smallest absolute Gasteiger partial charge is 0.0131 e. The Bertz CT molecular complexity index is 59.6. The highest BCUT2D eigenvalue weighted by molar-refractivity contribution is 4.61. The molecule has 0 spiro atoms. The van der Waals surface area contributed by atoms with Gasteiger partial charge in [0.25, 0.3) is 0 Å². The van der Waals surface area contributed by atoms with E-state index in [2.05, 4.69) is 20.8 Å². The molecular formula is C8H18N. The van der Waals surface area contributed by atoms with Crippen molar-refractivity contribution in [3.63, 3.8) is 0 Å². The molecule has 0 bridgehead atoms. The maximum atomic E-state index is 7.19. The molecule has 9 heavy (non-hydrogen) atoms. The van der Waals surface area contributed by atoms with Gasteiger partial charge < -0.3 is 0 Å². The fourth-order valence-electron chi connectivity index (χ4n) is 1.04. The molecule has 0 aromatic rings. The van der Waals surface area contributed by atoms with Gasteiger partial charge in [0.2, 0.25) is 0 Å². The molecule has 0 saturated heterocycles. The predicted octanol–water partition coefficient (Wildman–Crippen LogP) is 2.34. The van der Waals surface area contributed by atoms with Crippen LogP contribution in [0, 0.1) is 11.8 Å². The van der Waals surface area contributed by atoms with Crippen LogP contribution >= 0.6 is 0 Å². The van der Waals surface area contributed by atoms with Crippen molar-refractivity contribution in [3.8, 4) is 0 Å². The summed E-state index contributed by atoms with van der Waals surface area (Å²) in [6, 6.07) is 0. The van der Waals surface area contributed by atoms with E-state index in [9.17, 15) is 0 Å². The second kappa shape index (κ2) is 4.80. The molecule has 0 heterocycles. The van der Waals surface area contributed by atoms with Crippen LogP contribution in [0.25, 0.3) is 0 Å². The zero-order chi connectivity index (χ0) is 7.28. The first kappa shape index (κ1) is 8.96. The van der Waals surface area contributed by atoms with Crippen LogP contribution in [0.3, 0.4) is 0 Å². The Morgan fingerprint density at radius 1 is 1.33 bits per heavy atom. The van der Waals surface area contributed by atoms with Crippen LogP contribution in [0.4, 0.5) is 0 Å². The molecule has 0 rings (SSSR count). The summed E-state index contributed by atoms with van der Waals surface area (Å²) in [4.78, 5) is 0. The van der Waals surface area contributed by atoms with E-state index < -0.39 is 0 Å². The molecule has 1 radical (unpaired) electrons. The van der Waals surface area contributed by atoms with E-state index in [-0.39, 0.29) is 0 Å². The van der Waals surface area contributed by atoms with Crippen LogP contribution in [0.15, 0.2) is 0 Å². The molecule has 0 aliphatic rings. The predicted molar refractivity (Wildman–Crippen MR) is 41.2 cm³/mol. The molecule has 1 atom stereocenters. The number of nitrogens with one attached hydrogen (secondary N) is 1. The minimum Gasteiger partial charge on any atom is -0.258 e. The number of hydrogen-bond acceptors (Lipinski definition) is 0. The Labute approximate surface area is 58.6 Å². The molecular weight excluding hydrogens is 110 g/mol. The third kappa shape index (κ3) is 3.52. The van der Waals surface area contributed by atoms with E-state index in [1.807, 2.05) is 0 Å².